The number of carbonyl (C=O) groups excluding carboxylic acids is 4. The Morgan fingerprint density at radius 2 is 1.77 bits per heavy atom. The Kier molecular flexibility index (Phi) is 15.5. The molecule has 2 amide bonds. The predicted molar refractivity (Wildman–Crippen MR) is 198 cm³/mol. The van der Waals surface area contributed by atoms with Crippen LogP contribution in [0.4, 0.5) is 4.79 Å². The van der Waals surface area contributed by atoms with Crippen LogP contribution in [-0.2, 0) is 42.8 Å². The monoisotopic (exact) mass is 749 g/mol. The lowest BCUT2D eigenvalue weighted by Crippen LogP contribution is -2.61. The zero-order valence-electron chi connectivity index (χ0n) is 33.5. The van der Waals surface area contributed by atoms with Crippen LogP contribution in [0.25, 0.3) is 0 Å². The maximum atomic E-state index is 14.4. The van der Waals surface area contributed by atoms with E-state index in [0.717, 1.165) is 0 Å². The quantitative estimate of drug-likeness (QED) is 0.218. The van der Waals surface area contributed by atoms with Crippen molar-refractivity contribution in [2.45, 2.75) is 136 Å². The van der Waals surface area contributed by atoms with Crippen molar-refractivity contribution >= 4 is 29.5 Å². The van der Waals surface area contributed by atoms with Crippen LogP contribution in [0.2, 0.25) is 0 Å². The number of nitrogens with zero attached hydrogens (tertiary/aromatic N) is 2. The minimum Gasteiger partial charge on any atom is -0.457 e. The van der Waals surface area contributed by atoms with Crippen LogP contribution in [0.3, 0.4) is 0 Å². The number of alkyl carbamates (subject to hydrolysis) is 1. The lowest BCUT2D eigenvalue weighted by atomic mass is 9.73. The molecular formula is C39H63N3O11. The molecule has 3 saturated heterocycles. The molecule has 0 aromatic rings. The summed E-state index contributed by atoms with van der Waals surface area (Å²) < 4.78 is 38.4. The molecule has 14 nitrogen and oxygen atoms in total. The molecule has 3 aliphatic rings. The van der Waals surface area contributed by atoms with Crippen molar-refractivity contribution < 1.29 is 52.7 Å². The number of hydrogen-bond donors (Lipinski definition) is 2. The summed E-state index contributed by atoms with van der Waals surface area (Å²) in [6, 6.07) is -0.298. The molecular weight excluding hydrogens is 686 g/mol. The summed E-state index contributed by atoms with van der Waals surface area (Å²) in [5.41, 5.74) is -2.03. The molecule has 0 aliphatic carbocycles. The number of aliphatic hydroxyl groups excluding tert-OH is 1. The lowest BCUT2D eigenvalue weighted by Gasteiger charge is -2.47. The molecule has 0 aromatic carbocycles. The van der Waals surface area contributed by atoms with Crippen LogP contribution in [0.1, 0.15) is 81.6 Å². The molecule has 14 heteroatoms. The largest absolute Gasteiger partial charge is 0.457 e. The van der Waals surface area contributed by atoms with Crippen molar-refractivity contribution in [1.82, 2.24) is 10.2 Å². The molecule has 0 saturated carbocycles. The zero-order chi connectivity index (χ0) is 40.0. The number of esters is 1. The molecule has 1 unspecified atom stereocenters. The number of aliphatic imine (C=N–C) groups is 1. The molecule has 53 heavy (non-hydrogen) atoms. The van der Waals surface area contributed by atoms with E-state index in [1.54, 1.807) is 27.7 Å². The second-order valence-electron chi connectivity index (χ2n) is 15.7. The van der Waals surface area contributed by atoms with Crippen LogP contribution in [0.15, 0.2) is 29.8 Å². The molecule has 2 bridgehead atoms. The number of Topliss-reactive ketones (excluding diaryl/α,β-unsaturated/α-hetero) is 1. The minimum atomic E-state index is -1.66. The van der Waals surface area contributed by atoms with E-state index in [2.05, 4.69) is 23.5 Å². The molecule has 2 N–H and O–H groups in total. The molecule has 3 aliphatic heterocycles. The summed E-state index contributed by atoms with van der Waals surface area (Å²) in [6.07, 6.45) is -4.13. The summed E-state index contributed by atoms with van der Waals surface area (Å²) >= 11 is 0. The van der Waals surface area contributed by atoms with Gasteiger partial charge in [-0.15, -0.1) is 6.58 Å². The average molecular weight is 750 g/mol. The number of cyclic esters (lactones) is 1. The van der Waals surface area contributed by atoms with Gasteiger partial charge < -0.3 is 43.7 Å². The fourth-order valence-electron chi connectivity index (χ4n) is 8.09. The molecule has 3 fully saturated rings. The Morgan fingerprint density at radius 1 is 1.11 bits per heavy atom. The topological polar surface area (TPSA) is 172 Å². The second-order valence-corrected chi connectivity index (χ2v) is 15.7. The van der Waals surface area contributed by atoms with Gasteiger partial charge in [0.05, 0.1) is 31.0 Å². The van der Waals surface area contributed by atoms with Gasteiger partial charge in [-0.25, -0.2) is 9.79 Å². The number of amides is 2. The number of nitrogens with one attached hydrogen (secondary N) is 1. The van der Waals surface area contributed by atoms with E-state index in [1.807, 2.05) is 39.8 Å². The summed E-state index contributed by atoms with van der Waals surface area (Å²) in [7, 11) is 3.73. The normalized spacial score (nSPS) is 40.1. The first-order valence-corrected chi connectivity index (χ1v) is 18.7. The predicted octanol–water partition coefficient (Wildman–Crippen LogP) is 4.03. The first-order valence-electron chi connectivity index (χ1n) is 18.7. The highest BCUT2D eigenvalue weighted by Gasteiger charge is 2.55. The fourth-order valence-corrected chi connectivity index (χ4v) is 8.09. The van der Waals surface area contributed by atoms with Gasteiger partial charge in [0.15, 0.2) is 17.7 Å². The second kappa shape index (κ2) is 18.5. The summed E-state index contributed by atoms with van der Waals surface area (Å²) in [4.78, 5) is 60.9. The van der Waals surface area contributed by atoms with E-state index in [4.69, 9.17) is 28.4 Å². The SMILES string of the molecule is C=CCNC(=O)O[C@]1(C)[C@@H](CC)OC(=O)C(C)C(=O)[C@H](C)[C@@H](O[C@@H]2O[C@H](C)C[C@H](N(C)C)[C@H]2O)[C@@]2(C)C[C@@H](C)C(=NC(C)=O)[C@H](C)[C@@H]1OCC(=C)CO2. The van der Waals surface area contributed by atoms with Gasteiger partial charge in [0.2, 0.25) is 5.91 Å². The van der Waals surface area contributed by atoms with Crippen molar-refractivity contribution in [3.63, 3.8) is 0 Å². The summed E-state index contributed by atoms with van der Waals surface area (Å²) in [5, 5.41) is 14.1. The molecule has 3 rings (SSSR count). The summed E-state index contributed by atoms with van der Waals surface area (Å²) in [6.45, 7) is 23.1. The van der Waals surface area contributed by atoms with Gasteiger partial charge in [-0.3, -0.25) is 14.4 Å². The number of fused-ring (bicyclic) bond motifs is 5. The van der Waals surface area contributed by atoms with Crippen molar-refractivity contribution in [3.05, 3.63) is 24.8 Å². The maximum Gasteiger partial charge on any atom is 0.408 e. The van der Waals surface area contributed by atoms with Gasteiger partial charge in [-0.05, 0) is 72.5 Å². The Hall–Kier alpha value is -3.01. The van der Waals surface area contributed by atoms with Crippen LogP contribution in [-0.4, -0.2) is 127 Å². The average Bonchev–Trinajstić information content (AvgIpc) is 3.10. The first-order chi connectivity index (χ1) is 24.7. The van der Waals surface area contributed by atoms with Crippen LogP contribution in [0.5, 0.6) is 0 Å². The van der Waals surface area contributed by atoms with Crippen LogP contribution >= 0.6 is 0 Å². The number of hydrogen-bond acceptors (Lipinski definition) is 12. The number of aliphatic hydroxyl groups is 1. The Labute approximate surface area is 315 Å². The number of likely N-dealkylation sites (N-methyl/N-ethyl adjacent to an activating group) is 1. The maximum absolute atomic E-state index is 14.4. The number of ether oxygens (including phenoxy) is 6. The molecule has 0 aromatic heterocycles. The smallest absolute Gasteiger partial charge is 0.408 e. The van der Waals surface area contributed by atoms with Crippen molar-refractivity contribution in [1.29, 1.82) is 0 Å². The van der Waals surface area contributed by atoms with Gasteiger partial charge in [-0.2, -0.15) is 0 Å². The number of carbonyl (C=O) groups is 4. The third kappa shape index (κ3) is 10.4. The van der Waals surface area contributed by atoms with E-state index in [-0.39, 0.29) is 44.7 Å². The van der Waals surface area contributed by atoms with Crippen LogP contribution < -0.4 is 5.32 Å². The van der Waals surface area contributed by atoms with E-state index in [1.165, 1.54) is 19.9 Å². The highest BCUT2D eigenvalue weighted by Crippen LogP contribution is 2.41. The third-order valence-electron chi connectivity index (χ3n) is 10.9. The number of ketones is 1. The molecule has 300 valence electrons. The van der Waals surface area contributed by atoms with E-state index in [9.17, 15) is 24.3 Å². The van der Waals surface area contributed by atoms with Gasteiger partial charge in [-0.1, -0.05) is 40.3 Å². The van der Waals surface area contributed by atoms with E-state index < -0.39 is 89.3 Å². The van der Waals surface area contributed by atoms with Crippen molar-refractivity contribution in [3.8, 4) is 0 Å². The Balaban J connectivity index is 2.33. The highest BCUT2D eigenvalue weighted by molar-refractivity contribution is 6.00. The zero-order valence-corrected chi connectivity index (χ0v) is 33.5. The summed E-state index contributed by atoms with van der Waals surface area (Å²) in [5.74, 6) is -5.25. The van der Waals surface area contributed by atoms with Gasteiger partial charge >= 0.3 is 12.1 Å². The van der Waals surface area contributed by atoms with E-state index >= 15 is 0 Å². The van der Waals surface area contributed by atoms with Gasteiger partial charge in [0.25, 0.3) is 0 Å². The first kappa shape index (κ1) is 44.4. The van der Waals surface area contributed by atoms with Gasteiger partial charge in [0, 0.05) is 37.1 Å². The molecule has 0 radical (unpaired) electrons. The standard InChI is InChI=1S/C39H63N3O11/c1-14-16-40-37(47)53-39(11)29(15-2)51-35(46)26(8)31(44)25(7)33(52-36-32(45)28(42(12)13)17-23(5)50-36)38(10)18-22(4)30(41-27(9)43)24(6)34(39)48-19-21(3)20-49-38/h14,22-26,28-29,32-34,36,45H,1,3,15-20H2,2,4-13H3,(H,40,47)/t22-,23-,24+,25+,26?,28+,29-,32-,33-,34+,36+,38-,39-/m1/s1. The fraction of sp³-hybridized carbons (Fsp3) is 0.769. The van der Waals surface area contributed by atoms with Gasteiger partial charge in [0.1, 0.15) is 24.2 Å². The lowest BCUT2D eigenvalue weighted by molar-refractivity contribution is -0.296. The van der Waals surface area contributed by atoms with Crippen molar-refractivity contribution in [2.75, 3.05) is 33.9 Å². The molecule has 0 spiro atoms. The molecule has 3 heterocycles. The van der Waals surface area contributed by atoms with Crippen LogP contribution in [0, 0.1) is 23.7 Å². The highest BCUT2D eigenvalue weighted by atomic mass is 16.7. The minimum absolute atomic E-state index is 0.0192. The Morgan fingerprint density at radius 3 is 2.36 bits per heavy atom. The molecule has 13 atom stereocenters. The number of rotatable bonds is 7. The van der Waals surface area contributed by atoms with E-state index in [0.29, 0.717) is 17.7 Å². The van der Waals surface area contributed by atoms with Crippen molar-refractivity contribution in [2.24, 2.45) is 28.7 Å². The third-order valence-corrected chi connectivity index (χ3v) is 10.9. The Bertz CT molecular complexity index is 1390.